The Morgan fingerprint density at radius 1 is 1.40 bits per heavy atom. The van der Waals surface area contributed by atoms with Crippen LogP contribution in [0, 0.1) is 5.82 Å². The molecule has 0 amide bonds. The molecule has 0 aliphatic heterocycles. The van der Waals surface area contributed by atoms with Crippen molar-refractivity contribution in [2.24, 2.45) is 0 Å². The first-order valence-electron chi connectivity index (χ1n) is 4.13. The maximum absolute atomic E-state index is 13.5. The third kappa shape index (κ3) is 1.82. The van der Waals surface area contributed by atoms with Crippen molar-refractivity contribution in [3.8, 4) is 5.69 Å². The van der Waals surface area contributed by atoms with Crippen LogP contribution >= 0.6 is 23.2 Å². The van der Waals surface area contributed by atoms with E-state index in [1.54, 1.807) is 6.07 Å². The van der Waals surface area contributed by atoms with E-state index in [4.69, 9.17) is 23.2 Å². The Bertz CT molecular complexity index is 464. The van der Waals surface area contributed by atoms with Gasteiger partial charge in [-0.15, -0.1) is 11.6 Å². The molecule has 15 heavy (non-hydrogen) atoms. The van der Waals surface area contributed by atoms with Crippen LogP contribution in [-0.4, -0.2) is 14.8 Å². The van der Waals surface area contributed by atoms with Crippen molar-refractivity contribution in [2.75, 3.05) is 0 Å². The van der Waals surface area contributed by atoms with Gasteiger partial charge in [0, 0.05) is 0 Å². The lowest BCUT2D eigenvalue weighted by molar-refractivity contribution is 0.608. The number of halogens is 3. The summed E-state index contributed by atoms with van der Waals surface area (Å²) in [6, 6.07) is 4.42. The number of alkyl halides is 1. The first-order chi connectivity index (χ1) is 7.24. The summed E-state index contributed by atoms with van der Waals surface area (Å²) in [6.07, 6.45) is 1.31. The maximum atomic E-state index is 13.5. The summed E-state index contributed by atoms with van der Waals surface area (Å²) in [6.45, 7) is 0. The minimum Gasteiger partial charge on any atom is -0.218 e. The van der Waals surface area contributed by atoms with Crippen LogP contribution in [0.25, 0.3) is 5.69 Å². The highest BCUT2D eigenvalue weighted by atomic mass is 35.5. The third-order valence-electron chi connectivity index (χ3n) is 1.89. The zero-order chi connectivity index (χ0) is 10.8. The zero-order valence-corrected chi connectivity index (χ0v) is 9.00. The lowest BCUT2D eigenvalue weighted by Crippen LogP contribution is -2.04. The quantitative estimate of drug-likeness (QED) is 0.763. The van der Waals surface area contributed by atoms with Gasteiger partial charge in [0.05, 0.1) is 10.9 Å². The van der Waals surface area contributed by atoms with Gasteiger partial charge in [-0.2, -0.15) is 5.10 Å². The average molecular weight is 246 g/mol. The molecule has 0 bridgehead atoms. The van der Waals surface area contributed by atoms with Gasteiger partial charge < -0.3 is 0 Å². The van der Waals surface area contributed by atoms with Crippen molar-refractivity contribution < 1.29 is 4.39 Å². The molecule has 2 aromatic rings. The van der Waals surface area contributed by atoms with Crippen molar-refractivity contribution in [2.45, 2.75) is 5.88 Å². The van der Waals surface area contributed by atoms with E-state index in [2.05, 4.69) is 10.1 Å². The minimum atomic E-state index is -0.459. The Morgan fingerprint density at radius 3 is 2.87 bits per heavy atom. The van der Waals surface area contributed by atoms with E-state index in [9.17, 15) is 4.39 Å². The molecule has 2 rings (SSSR count). The molecule has 0 atom stereocenters. The minimum absolute atomic E-state index is 0.144. The van der Waals surface area contributed by atoms with Crippen LogP contribution in [0.4, 0.5) is 4.39 Å². The SMILES string of the molecule is Fc1cccc(Cl)c1-n1ncnc1CCl. The van der Waals surface area contributed by atoms with Gasteiger partial charge in [-0.25, -0.2) is 14.1 Å². The molecular formula is C9H6Cl2FN3. The van der Waals surface area contributed by atoms with Crippen LogP contribution in [0.5, 0.6) is 0 Å². The fourth-order valence-corrected chi connectivity index (χ4v) is 1.66. The van der Waals surface area contributed by atoms with Crippen molar-refractivity contribution in [3.63, 3.8) is 0 Å². The molecule has 0 aliphatic carbocycles. The molecule has 0 N–H and O–H groups in total. The van der Waals surface area contributed by atoms with Gasteiger partial charge in [0.15, 0.2) is 0 Å². The normalized spacial score (nSPS) is 10.6. The summed E-state index contributed by atoms with van der Waals surface area (Å²) in [5.74, 6) is 0.132. The van der Waals surface area contributed by atoms with E-state index in [0.29, 0.717) is 5.82 Å². The van der Waals surface area contributed by atoms with Gasteiger partial charge in [0.2, 0.25) is 0 Å². The first kappa shape index (κ1) is 10.4. The molecule has 0 unspecified atom stereocenters. The van der Waals surface area contributed by atoms with Crippen molar-refractivity contribution in [1.29, 1.82) is 0 Å². The average Bonchev–Trinajstić information content (AvgIpc) is 2.65. The second-order valence-electron chi connectivity index (χ2n) is 2.79. The number of para-hydroxylation sites is 1. The highest BCUT2D eigenvalue weighted by Crippen LogP contribution is 2.23. The molecule has 1 heterocycles. The number of benzene rings is 1. The molecule has 78 valence electrons. The molecule has 0 fully saturated rings. The topological polar surface area (TPSA) is 30.7 Å². The van der Waals surface area contributed by atoms with Crippen LogP contribution in [0.15, 0.2) is 24.5 Å². The van der Waals surface area contributed by atoms with Gasteiger partial charge in [0.25, 0.3) is 0 Å². The molecule has 1 aromatic carbocycles. The molecule has 3 nitrogen and oxygen atoms in total. The summed E-state index contributed by atoms with van der Waals surface area (Å²) in [7, 11) is 0. The van der Waals surface area contributed by atoms with E-state index >= 15 is 0 Å². The number of hydrogen-bond donors (Lipinski definition) is 0. The molecule has 0 saturated carbocycles. The monoisotopic (exact) mass is 245 g/mol. The second-order valence-corrected chi connectivity index (χ2v) is 3.47. The third-order valence-corrected chi connectivity index (χ3v) is 2.43. The molecule has 6 heteroatoms. The van der Waals surface area contributed by atoms with Gasteiger partial charge in [-0.1, -0.05) is 17.7 Å². The number of rotatable bonds is 2. The Balaban J connectivity index is 2.63. The molecule has 0 spiro atoms. The lowest BCUT2D eigenvalue weighted by atomic mass is 10.3. The van der Waals surface area contributed by atoms with E-state index in [1.807, 2.05) is 0 Å². The molecule has 0 saturated heterocycles. The van der Waals surface area contributed by atoms with Crippen molar-refractivity contribution in [3.05, 3.63) is 41.2 Å². The Labute approximate surface area is 95.5 Å². The summed E-state index contributed by atoms with van der Waals surface area (Å²) < 4.78 is 14.8. The van der Waals surface area contributed by atoms with Crippen molar-refractivity contribution >= 4 is 23.2 Å². The smallest absolute Gasteiger partial charge is 0.150 e. The van der Waals surface area contributed by atoms with Gasteiger partial charge in [0.1, 0.15) is 23.7 Å². The Hall–Kier alpha value is -1.13. The number of aromatic nitrogens is 3. The summed E-state index contributed by atoms with van der Waals surface area (Å²) in [5.41, 5.74) is 0.173. The molecule has 1 aromatic heterocycles. The van der Waals surface area contributed by atoms with E-state index in [0.717, 1.165) is 0 Å². The van der Waals surface area contributed by atoms with Gasteiger partial charge in [-0.3, -0.25) is 0 Å². The van der Waals surface area contributed by atoms with Gasteiger partial charge >= 0.3 is 0 Å². The highest BCUT2D eigenvalue weighted by molar-refractivity contribution is 6.32. The zero-order valence-electron chi connectivity index (χ0n) is 7.49. The summed E-state index contributed by atoms with van der Waals surface area (Å²) in [5, 5.41) is 4.15. The van der Waals surface area contributed by atoms with E-state index < -0.39 is 5.82 Å². The number of nitrogens with zero attached hydrogens (tertiary/aromatic N) is 3. The standard InChI is InChI=1S/C9H6Cl2FN3/c10-4-8-13-5-14-15(8)9-6(11)2-1-3-7(9)12/h1-3,5H,4H2. The molecule has 0 aliphatic rings. The van der Waals surface area contributed by atoms with Crippen LogP contribution in [0.1, 0.15) is 5.82 Å². The fraction of sp³-hybridized carbons (Fsp3) is 0.111. The van der Waals surface area contributed by atoms with Crippen LogP contribution in [-0.2, 0) is 5.88 Å². The van der Waals surface area contributed by atoms with E-state index in [1.165, 1.54) is 23.1 Å². The Morgan fingerprint density at radius 2 is 2.20 bits per heavy atom. The van der Waals surface area contributed by atoms with E-state index in [-0.39, 0.29) is 16.6 Å². The Kier molecular flexibility index (Phi) is 2.88. The predicted octanol–water partition coefficient (Wildman–Crippen LogP) is 2.80. The first-order valence-corrected chi connectivity index (χ1v) is 5.04. The van der Waals surface area contributed by atoms with Gasteiger partial charge in [-0.05, 0) is 12.1 Å². The largest absolute Gasteiger partial charge is 0.218 e. The summed E-state index contributed by atoms with van der Waals surface area (Å²) >= 11 is 11.5. The maximum Gasteiger partial charge on any atom is 0.150 e. The lowest BCUT2D eigenvalue weighted by Gasteiger charge is -2.06. The number of hydrogen-bond acceptors (Lipinski definition) is 2. The van der Waals surface area contributed by atoms with Crippen molar-refractivity contribution in [1.82, 2.24) is 14.8 Å². The van der Waals surface area contributed by atoms with Crippen LogP contribution in [0.2, 0.25) is 5.02 Å². The highest BCUT2D eigenvalue weighted by Gasteiger charge is 2.13. The van der Waals surface area contributed by atoms with Crippen LogP contribution in [0.3, 0.4) is 0 Å². The molecule has 0 radical (unpaired) electrons. The summed E-state index contributed by atoms with van der Waals surface area (Å²) in [4.78, 5) is 3.89. The fourth-order valence-electron chi connectivity index (χ4n) is 1.23. The van der Waals surface area contributed by atoms with Crippen LogP contribution < -0.4 is 0 Å². The second kappa shape index (κ2) is 4.16. The molecular weight excluding hydrogens is 240 g/mol. The predicted molar refractivity (Wildman–Crippen MR) is 55.9 cm³/mol.